The predicted octanol–water partition coefficient (Wildman–Crippen LogP) is 4.66. The molecule has 0 amide bonds. The molecule has 27 heavy (non-hydrogen) atoms. The molecule has 0 spiro atoms. The number of alkyl halides is 1. The monoisotopic (exact) mass is 387 g/mol. The first-order valence-electron chi connectivity index (χ1n) is 9.37. The molecule has 2 aromatic rings. The average molecular weight is 388 g/mol. The lowest BCUT2D eigenvalue weighted by atomic mass is 10.2. The van der Waals surface area contributed by atoms with Crippen molar-refractivity contribution >= 4 is 24.9 Å². The molecular formula is C22H30FNO2Si. The van der Waals surface area contributed by atoms with Crippen LogP contribution in [0.2, 0.25) is 5.04 Å². The summed E-state index contributed by atoms with van der Waals surface area (Å²) < 4.78 is 22.5. The molecule has 0 aromatic heterocycles. The van der Waals surface area contributed by atoms with Gasteiger partial charge in [0.05, 0.1) is 0 Å². The van der Waals surface area contributed by atoms with Gasteiger partial charge < -0.3 is 9.26 Å². The highest BCUT2D eigenvalue weighted by Crippen LogP contribution is 2.40. The number of hydrogen-bond donors (Lipinski definition) is 0. The third-order valence-electron chi connectivity index (χ3n) is 4.68. The molecule has 0 aliphatic rings. The summed E-state index contributed by atoms with van der Waals surface area (Å²) in [6.45, 7) is 8.31. The molecule has 5 heteroatoms. The van der Waals surface area contributed by atoms with Crippen LogP contribution in [-0.2, 0) is 9.26 Å². The van der Waals surface area contributed by atoms with Gasteiger partial charge in [0, 0.05) is 6.42 Å². The van der Waals surface area contributed by atoms with Crippen molar-refractivity contribution in [1.82, 2.24) is 0 Å². The molecule has 2 rings (SSSR count). The van der Waals surface area contributed by atoms with Crippen LogP contribution in [0.1, 0.15) is 40.5 Å². The lowest BCUT2D eigenvalue weighted by Gasteiger charge is -2.46. The van der Waals surface area contributed by atoms with Crippen molar-refractivity contribution in [2.24, 2.45) is 5.16 Å². The van der Waals surface area contributed by atoms with Gasteiger partial charge in [0.1, 0.15) is 13.3 Å². The normalized spacial score (nSPS) is 14.9. The summed E-state index contributed by atoms with van der Waals surface area (Å²) in [5, 5.41) is 5.48. The number of rotatable bonds is 8. The zero-order valence-corrected chi connectivity index (χ0v) is 17.9. The Morgan fingerprint density at radius 1 is 0.963 bits per heavy atom. The summed E-state index contributed by atoms with van der Waals surface area (Å²) in [5.41, 5.74) is 0. The van der Waals surface area contributed by atoms with Gasteiger partial charge in [-0.1, -0.05) is 99.9 Å². The summed E-state index contributed by atoms with van der Waals surface area (Å²) in [4.78, 5) is 4.76. The molecule has 3 nitrogen and oxygen atoms in total. The van der Waals surface area contributed by atoms with Crippen molar-refractivity contribution in [2.45, 2.75) is 51.4 Å². The maximum Gasteiger partial charge on any atom is 0.265 e. The first-order chi connectivity index (χ1) is 12.8. The third kappa shape index (κ3) is 4.65. The van der Waals surface area contributed by atoms with E-state index >= 15 is 4.39 Å². The highest BCUT2D eigenvalue weighted by molar-refractivity contribution is 6.99. The van der Waals surface area contributed by atoms with Gasteiger partial charge in [-0.3, -0.25) is 0 Å². The Kier molecular flexibility index (Phi) is 6.95. The minimum absolute atomic E-state index is 0.213. The SMILES string of the molecule is CCCC(F)(C=NOC)O[Si](c1ccccc1)(c1ccccc1)C(C)(C)C. The van der Waals surface area contributed by atoms with Gasteiger partial charge in [0.15, 0.2) is 0 Å². The molecule has 0 N–H and O–H groups in total. The molecule has 0 aliphatic carbocycles. The molecular weight excluding hydrogens is 357 g/mol. The van der Waals surface area contributed by atoms with Gasteiger partial charge in [0.2, 0.25) is 5.85 Å². The lowest BCUT2D eigenvalue weighted by Crippen LogP contribution is -2.69. The molecule has 0 heterocycles. The van der Waals surface area contributed by atoms with E-state index in [4.69, 9.17) is 9.26 Å². The second kappa shape index (κ2) is 8.80. The Morgan fingerprint density at radius 3 is 1.81 bits per heavy atom. The molecule has 0 aliphatic heterocycles. The second-order valence-electron chi connectivity index (χ2n) is 7.72. The van der Waals surface area contributed by atoms with Crippen LogP contribution in [0.15, 0.2) is 65.8 Å². The van der Waals surface area contributed by atoms with E-state index in [1.807, 2.05) is 67.6 Å². The number of halogens is 1. The summed E-state index contributed by atoms with van der Waals surface area (Å²) in [5.74, 6) is -2.00. The van der Waals surface area contributed by atoms with Gasteiger partial charge in [-0.15, -0.1) is 0 Å². The highest BCUT2D eigenvalue weighted by Gasteiger charge is 2.54. The maximum absolute atomic E-state index is 16.0. The van der Waals surface area contributed by atoms with Crippen molar-refractivity contribution in [1.29, 1.82) is 0 Å². The van der Waals surface area contributed by atoms with Crippen molar-refractivity contribution in [2.75, 3.05) is 7.11 Å². The minimum atomic E-state index is -2.99. The van der Waals surface area contributed by atoms with Crippen LogP contribution in [0, 0.1) is 0 Å². The summed E-state index contributed by atoms with van der Waals surface area (Å²) in [6.07, 6.45) is 2.00. The molecule has 0 bridgehead atoms. The number of hydrogen-bond acceptors (Lipinski definition) is 3. The van der Waals surface area contributed by atoms with Gasteiger partial charge in [-0.25, -0.2) is 4.39 Å². The van der Waals surface area contributed by atoms with Crippen LogP contribution in [0.25, 0.3) is 0 Å². The van der Waals surface area contributed by atoms with E-state index in [-0.39, 0.29) is 11.5 Å². The number of nitrogens with zero attached hydrogens (tertiary/aromatic N) is 1. The van der Waals surface area contributed by atoms with Gasteiger partial charge >= 0.3 is 0 Å². The largest absolute Gasteiger partial charge is 0.399 e. The number of benzene rings is 2. The molecule has 0 radical (unpaired) electrons. The molecule has 0 saturated carbocycles. The van der Waals surface area contributed by atoms with Gasteiger partial charge in [-0.05, 0) is 15.4 Å². The smallest absolute Gasteiger partial charge is 0.265 e. The first-order valence-corrected chi connectivity index (χ1v) is 11.3. The highest BCUT2D eigenvalue weighted by atomic mass is 28.4. The summed E-state index contributed by atoms with van der Waals surface area (Å²) >= 11 is 0. The Hall–Kier alpha value is -1.98. The fraction of sp³-hybridized carbons (Fsp3) is 0.409. The molecule has 2 aromatic carbocycles. The Labute approximate surface area is 163 Å². The summed E-state index contributed by atoms with van der Waals surface area (Å²) in [6, 6.07) is 20.1. The molecule has 0 fully saturated rings. The fourth-order valence-electron chi connectivity index (χ4n) is 3.52. The zero-order chi connectivity index (χ0) is 20.0. The minimum Gasteiger partial charge on any atom is -0.399 e. The molecule has 1 unspecified atom stereocenters. The Balaban J connectivity index is 2.74. The van der Waals surface area contributed by atoms with Crippen LogP contribution in [-0.4, -0.2) is 27.5 Å². The first kappa shape index (κ1) is 21.3. The second-order valence-corrected chi connectivity index (χ2v) is 11.9. The molecule has 0 saturated heterocycles. The zero-order valence-electron chi connectivity index (χ0n) is 16.9. The third-order valence-corrected chi connectivity index (χ3v) is 9.73. The van der Waals surface area contributed by atoms with E-state index in [0.29, 0.717) is 6.42 Å². The van der Waals surface area contributed by atoms with E-state index in [1.54, 1.807) is 0 Å². The van der Waals surface area contributed by atoms with Crippen LogP contribution in [0.3, 0.4) is 0 Å². The molecule has 1 atom stereocenters. The van der Waals surface area contributed by atoms with Crippen molar-refractivity contribution in [3.63, 3.8) is 0 Å². The van der Waals surface area contributed by atoms with Crippen molar-refractivity contribution < 1.29 is 13.7 Å². The molecule has 146 valence electrons. The van der Waals surface area contributed by atoms with Gasteiger partial charge in [0.25, 0.3) is 8.32 Å². The van der Waals surface area contributed by atoms with Gasteiger partial charge in [-0.2, -0.15) is 0 Å². The van der Waals surface area contributed by atoms with Crippen molar-refractivity contribution in [3.8, 4) is 0 Å². The maximum atomic E-state index is 16.0. The van der Waals surface area contributed by atoms with Crippen molar-refractivity contribution in [3.05, 3.63) is 60.7 Å². The van der Waals surface area contributed by atoms with E-state index in [2.05, 4.69) is 25.9 Å². The predicted molar refractivity (Wildman–Crippen MR) is 113 cm³/mol. The Morgan fingerprint density at radius 2 is 1.44 bits per heavy atom. The lowest BCUT2D eigenvalue weighted by molar-refractivity contribution is -0.0103. The van der Waals surface area contributed by atoms with Crippen LogP contribution >= 0.6 is 0 Å². The standard InChI is InChI=1S/C22H30FNO2Si/c1-6-17-22(23,18-24-25-5)26-27(21(2,3)4,19-13-9-7-10-14-19)20-15-11-8-12-16-20/h7-16,18H,6,17H2,1-5H3. The van der Waals surface area contributed by atoms with Crippen LogP contribution < -0.4 is 10.4 Å². The Bertz CT molecular complexity index is 691. The van der Waals surface area contributed by atoms with E-state index in [0.717, 1.165) is 16.6 Å². The fourth-order valence-corrected chi connectivity index (χ4v) is 8.11. The van der Waals surface area contributed by atoms with E-state index < -0.39 is 14.2 Å². The average Bonchev–Trinajstić information content (AvgIpc) is 2.65. The van der Waals surface area contributed by atoms with E-state index in [1.165, 1.54) is 7.11 Å². The van der Waals surface area contributed by atoms with E-state index in [9.17, 15) is 0 Å². The van der Waals surface area contributed by atoms with Crippen LogP contribution in [0.5, 0.6) is 0 Å². The topological polar surface area (TPSA) is 30.8 Å². The van der Waals surface area contributed by atoms with Crippen LogP contribution in [0.4, 0.5) is 4.39 Å². The quantitative estimate of drug-likeness (QED) is 0.375. The number of oxime groups is 1. The summed E-state index contributed by atoms with van der Waals surface area (Å²) in [7, 11) is -1.59.